The molecule has 2 atom stereocenters. The second-order valence-electron chi connectivity index (χ2n) is 5.00. The van der Waals surface area contributed by atoms with Crippen LogP contribution in [0.15, 0.2) is 24.3 Å². The molecule has 21 heavy (non-hydrogen) atoms. The van der Waals surface area contributed by atoms with Gasteiger partial charge in [-0.15, -0.1) is 0 Å². The van der Waals surface area contributed by atoms with E-state index in [4.69, 9.17) is 9.84 Å². The van der Waals surface area contributed by atoms with Crippen molar-refractivity contribution >= 4 is 6.03 Å². The van der Waals surface area contributed by atoms with Gasteiger partial charge in [0, 0.05) is 19.2 Å². The van der Waals surface area contributed by atoms with Crippen LogP contribution in [0.2, 0.25) is 0 Å². The number of aliphatic hydroxyl groups excluding tert-OH is 1. The fourth-order valence-electron chi connectivity index (χ4n) is 1.55. The van der Waals surface area contributed by atoms with Gasteiger partial charge in [0.05, 0.1) is 6.61 Å². The summed E-state index contributed by atoms with van der Waals surface area (Å²) in [6.07, 6.45) is 0.648. The molecule has 118 valence electrons. The summed E-state index contributed by atoms with van der Waals surface area (Å²) in [7, 11) is 0. The number of carbonyl (C=O) groups excluding carboxylic acids is 1. The van der Waals surface area contributed by atoms with Gasteiger partial charge in [-0.3, -0.25) is 0 Å². The maximum atomic E-state index is 12.7. The summed E-state index contributed by atoms with van der Waals surface area (Å²) >= 11 is 0. The minimum atomic E-state index is -0.299. The monoisotopic (exact) mass is 298 g/mol. The Morgan fingerprint density at radius 1 is 1.33 bits per heavy atom. The third-order valence-corrected chi connectivity index (χ3v) is 3.19. The van der Waals surface area contributed by atoms with Gasteiger partial charge in [-0.25, -0.2) is 9.18 Å². The Morgan fingerprint density at radius 2 is 2.00 bits per heavy atom. The number of benzene rings is 1. The molecule has 3 N–H and O–H groups in total. The van der Waals surface area contributed by atoms with Gasteiger partial charge in [0.15, 0.2) is 0 Å². The minimum absolute atomic E-state index is 0.0116. The third kappa shape index (κ3) is 6.94. The van der Waals surface area contributed by atoms with Crippen molar-refractivity contribution in [3.05, 3.63) is 30.1 Å². The number of ether oxygens (including phenoxy) is 1. The van der Waals surface area contributed by atoms with Crippen LogP contribution in [-0.2, 0) is 0 Å². The molecule has 0 saturated carbocycles. The van der Waals surface area contributed by atoms with Gasteiger partial charge in [0.1, 0.15) is 11.6 Å². The molecule has 0 bridgehead atoms. The minimum Gasteiger partial charge on any atom is -0.494 e. The van der Waals surface area contributed by atoms with Gasteiger partial charge < -0.3 is 20.5 Å². The average molecular weight is 298 g/mol. The highest BCUT2D eigenvalue weighted by atomic mass is 19.1. The number of urea groups is 1. The van der Waals surface area contributed by atoms with Crippen molar-refractivity contribution in [2.45, 2.75) is 26.3 Å². The lowest BCUT2D eigenvalue weighted by Crippen LogP contribution is -2.44. The standard InChI is InChI=1S/C15H23FN2O3/c1-11(10-19)12(2)18-15(20)17-8-3-9-21-14-6-4-13(16)5-7-14/h4-7,11-12,19H,3,8-10H2,1-2H3,(H2,17,18,20). The summed E-state index contributed by atoms with van der Waals surface area (Å²) in [5.74, 6) is 0.315. The van der Waals surface area contributed by atoms with E-state index in [2.05, 4.69) is 10.6 Å². The number of hydrogen-bond acceptors (Lipinski definition) is 3. The lowest BCUT2D eigenvalue weighted by molar-refractivity contribution is 0.200. The van der Waals surface area contributed by atoms with E-state index in [0.29, 0.717) is 25.3 Å². The molecule has 0 saturated heterocycles. The fourth-order valence-corrected chi connectivity index (χ4v) is 1.55. The van der Waals surface area contributed by atoms with Crippen molar-refractivity contribution in [2.24, 2.45) is 5.92 Å². The molecular formula is C15H23FN2O3. The second-order valence-corrected chi connectivity index (χ2v) is 5.00. The summed E-state index contributed by atoms with van der Waals surface area (Å²) in [6, 6.07) is 5.45. The van der Waals surface area contributed by atoms with Crippen LogP contribution in [0.1, 0.15) is 20.3 Å². The van der Waals surface area contributed by atoms with E-state index in [9.17, 15) is 9.18 Å². The highest BCUT2D eigenvalue weighted by molar-refractivity contribution is 5.74. The number of amides is 2. The highest BCUT2D eigenvalue weighted by Gasteiger charge is 2.13. The van der Waals surface area contributed by atoms with E-state index in [1.54, 1.807) is 12.1 Å². The molecule has 2 amide bonds. The second kappa shape index (κ2) is 9.18. The SMILES string of the molecule is CC(CO)C(C)NC(=O)NCCCOc1ccc(F)cc1. The van der Waals surface area contributed by atoms with Crippen LogP contribution in [0.4, 0.5) is 9.18 Å². The largest absolute Gasteiger partial charge is 0.494 e. The van der Waals surface area contributed by atoms with Crippen molar-refractivity contribution in [2.75, 3.05) is 19.8 Å². The van der Waals surface area contributed by atoms with E-state index in [0.717, 1.165) is 0 Å². The Hall–Kier alpha value is -1.82. The molecule has 0 spiro atoms. The zero-order valence-electron chi connectivity index (χ0n) is 12.4. The third-order valence-electron chi connectivity index (χ3n) is 3.19. The van der Waals surface area contributed by atoms with E-state index in [1.807, 2.05) is 13.8 Å². The fraction of sp³-hybridized carbons (Fsp3) is 0.533. The first-order valence-electron chi connectivity index (χ1n) is 7.06. The van der Waals surface area contributed by atoms with Gasteiger partial charge in [-0.2, -0.15) is 0 Å². The van der Waals surface area contributed by atoms with E-state index >= 15 is 0 Å². The van der Waals surface area contributed by atoms with Crippen molar-refractivity contribution in [1.82, 2.24) is 10.6 Å². The number of nitrogens with one attached hydrogen (secondary N) is 2. The van der Waals surface area contributed by atoms with E-state index in [1.165, 1.54) is 12.1 Å². The molecule has 0 fully saturated rings. The number of aliphatic hydroxyl groups is 1. The first-order chi connectivity index (χ1) is 10.0. The Labute approximate surface area is 124 Å². The molecule has 0 aliphatic carbocycles. The first-order valence-corrected chi connectivity index (χ1v) is 7.06. The molecule has 6 heteroatoms. The van der Waals surface area contributed by atoms with Crippen LogP contribution in [0.3, 0.4) is 0 Å². The number of rotatable bonds is 8. The van der Waals surface area contributed by atoms with Crippen molar-refractivity contribution in [3.8, 4) is 5.75 Å². The Balaban J connectivity index is 2.11. The van der Waals surface area contributed by atoms with Crippen LogP contribution in [-0.4, -0.2) is 36.9 Å². The number of carbonyl (C=O) groups is 1. The normalized spacial score (nSPS) is 13.3. The number of hydrogen-bond donors (Lipinski definition) is 3. The summed E-state index contributed by atoms with van der Waals surface area (Å²) in [4.78, 5) is 11.6. The first kappa shape index (κ1) is 17.2. The van der Waals surface area contributed by atoms with Gasteiger partial charge >= 0.3 is 6.03 Å². The molecule has 0 aliphatic heterocycles. The maximum absolute atomic E-state index is 12.7. The summed E-state index contributed by atoms with van der Waals surface area (Å²) in [6.45, 7) is 4.66. The Bertz CT molecular complexity index is 425. The zero-order chi connectivity index (χ0) is 15.7. The quantitative estimate of drug-likeness (QED) is 0.642. The smallest absolute Gasteiger partial charge is 0.315 e. The topological polar surface area (TPSA) is 70.6 Å². The summed E-state index contributed by atoms with van der Waals surface area (Å²) in [5, 5.41) is 14.4. The van der Waals surface area contributed by atoms with Crippen molar-refractivity contribution in [3.63, 3.8) is 0 Å². The Morgan fingerprint density at radius 3 is 2.62 bits per heavy atom. The molecule has 0 heterocycles. The molecule has 1 aromatic carbocycles. The molecule has 0 aliphatic rings. The Kier molecular flexibility index (Phi) is 7.53. The molecule has 2 unspecified atom stereocenters. The van der Waals surface area contributed by atoms with Crippen LogP contribution in [0, 0.1) is 11.7 Å². The summed E-state index contributed by atoms with van der Waals surface area (Å²) < 4.78 is 18.1. The average Bonchev–Trinajstić information content (AvgIpc) is 2.47. The molecule has 0 radical (unpaired) electrons. The van der Waals surface area contributed by atoms with Crippen molar-refractivity contribution in [1.29, 1.82) is 0 Å². The van der Waals surface area contributed by atoms with Gasteiger partial charge in [-0.1, -0.05) is 6.92 Å². The highest BCUT2D eigenvalue weighted by Crippen LogP contribution is 2.10. The predicted molar refractivity (Wildman–Crippen MR) is 78.8 cm³/mol. The van der Waals surface area contributed by atoms with Crippen LogP contribution >= 0.6 is 0 Å². The molecular weight excluding hydrogens is 275 g/mol. The van der Waals surface area contributed by atoms with Gasteiger partial charge in [-0.05, 0) is 43.5 Å². The van der Waals surface area contributed by atoms with Crippen LogP contribution < -0.4 is 15.4 Å². The predicted octanol–water partition coefficient (Wildman–Crippen LogP) is 1.91. The molecule has 5 nitrogen and oxygen atoms in total. The van der Waals surface area contributed by atoms with Gasteiger partial charge in [0.25, 0.3) is 0 Å². The number of halogens is 1. The van der Waals surface area contributed by atoms with Crippen molar-refractivity contribution < 1.29 is 19.0 Å². The summed E-state index contributed by atoms with van der Waals surface area (Å²) in [5.41, 5.74) is 0. The van der Waals surface area contributed by atoms with Gasteiger partial charge in [0.2, 0.25) is 0 Å². The van der Waals surface area contributed by atoms with Crippen LogP contribution in [0.5, 0.6) is 5.75 Å². The van der Waals surface area contributed by atoms with E-state index in [-0.39, 0.29) is 30.4 Å². The molecule has 1 aromatic rings. The molecule has 1 rings (SSSR count). The lowest BCUT2D eigenvalue weighted by atomic mass is 10.1. The lowest BCUT2D eigenvalue weighted by Gasteiger charge is -2.19. The van der Waals surface area contributed by atoms with E-state index < -0.39 is 0 Å². The molecule has 0 aromatic heterocycles. The maximum Gasteiger partial charge on any atom is 0.315 e. The van der Waals surface area contributed by atoms with Crippen LogP contribution in [0.25, 0.3) is 0 Å². The zero-order valence-corrected chi connectivity index (χ0v) is 12.4.